The average Bonchev–Trinajstić information content (AvgIpc) is 3.03. The van der Waals surface area contributed by atoms with E-state index in [2.05, 4.69) is 15.5 Å². The van der Waals surface area contributed by atoms with Crippen LogP contribution in [0.3, 0.4) is 0 Å². The van der Waals surface area contributed by atoms with Crippen LogP contribution in [-0.2, 0) is 4.79 Å². The minimum atomic E-state index is -0.573. The van der Waals surface area contributed by atoms with Crippen molar-refractivity contribution in [2.45, 2.75) is 25.7 Å². The smallest absolute Gasteiger partial charge is 0.294 e. The van der Waals surface area contributed by atoms with Crippen LogP contribution < -0.4 is 5.32 Å². The number of hydrogen-bond donors (Lipinski definition) is 1. The van der Waals surface area contributed by atoms with E-state index in [4.69, 9.17) is 16.1 Å². The van der Waals surface area contributed by atoms with Crippen molar-refractivity contribution in [3.05, 3.63) is 45.1 Å². The molecule has 0 aliphatic carbocycles. The first-order chi connectivity index (χ1) is 12.4. The monoisotopic (exact) mass is 379 g/mol. The predicted octanol–water partition coefficient (Wildman–Crippen LogP) is 2.76. The van der Waals surface area contributed by atoms with Crippen molar-refractivity contribution in [3.63, 3.8) is 0 Å². The van der Waals surface area contributed by atoms with Crippen molar-refractivity contribution in [3.8, 4) is 0 Å². The molecule has 1 aromatic heterocycles. The molecule has 1 N–H and O–H groups in total. The zero-order valence-corrected chi connectivity index (χ0v) is 14.9. The Hall–Kier alpha value is -2.52. The highest BCUT2D eigenvalue weighted by Crippen LogP contribution is 2.28. The molecule has 10 heteroatoms. The van der Waals surface area contributed by atoms with Crippen molar-refractivity contribution < 1.29 is 14.2 Å². The minimum Gasteiger partial charge on any atom is -0.339 e. The SMILES string of the molecule is Cc1noc([C@H]2CCCN(CC(=O)Nc3ccc(Cl)cc3[N+](=O)[O-])C2)n1. The number of nitro groups is 1. The van der Waals surface area contributed by atoms with Crippen LogP contribution in [0.2, 0.25) is 5.02 Å². The maximum atomic E-state index is 12.3. The first-order valence-corrected chi connectivity index (χ1v) is 8.56. The molecule has 1 saturated heterocycles. The molecule has 138 valence electrons. The number of carbonyl (C=O) groups is 1. The topological polar surface area (TPSA) is 114 Å². The molecule has 0 saturated carbocycles. The highest BCUT2D eigenvalue weighted by atomic mass is 35.5. The Morgan fingerprint density at radius 2 is 2.35 bits per heavy atom. The number of halogens is 1. The molecule has 0 unspecified atom stereocenters. The van der Waals surface area contributed by atoms with Gasteiger partial charge in [-0.2, -0.15) is 4.98 Å². The third-order valence-corrected chi connectivity index (χ3v) is 4.43. The maximum absolute atomic E-state index is 12.3. The molecule has 9 nitrogen and oxygen atoms in total. The van der Waals surface area contributed by atoms with Crippen molar-refractivity contribution in [1.82, 2.24) is 15.0 Å². The lowest BCUT2D eigenvalue weighted by Crippen LogP contribution is -2.39. The second-order valence-corrected chi connectivity index (χ2v) is 6.66. The summed E-state index contributed by atoms with van der Waals surface area (Å²) in [5, 5.41) is 17.7. The van der Waals surface area contributed by atoms with Gasteiger partial charge in [-0.05, 0) is 38.4 Å². The molecule has 1 amide bonds. The van der Waals surface area contributed by atoms with Gasteiger partial charge in [0.05, 0.1) is 17.4 Å². The van der Waals surface area contributed by atoms with Gasteiger partial charge in [-0.15, -0.1) is 0 Å². The first-order valence-electron chi connectivity index (χ1n) is 8.18. The van der Waals surface area contributed by atoms with Gasteiger partial charge in [0.2, 0.25) is 11.8 Å². The van der Waals surface area contributed by atoms with Crippen molar-refractivity contribution in [1.29, 1.82) is 0 Å². The van der Waals surface area contributed by atoms with Crippen LogP contribution in [0.1, 0.15) is 30.5 Å². The van der Waals surface area contributed by atoms with Gasteiger partial charge in [-0.25, -0.2) is 0 Å². The number of carbonyl (C=O) groups excluding carboxylic acids is 1. The summed E-state index contributed by atoms with van der Waals surface area (Å²) in [6.07, 6.45) is 1.82. The Kier molecular flexibility index (Phi) is 5.48. The zero-order chi connectivity index (χ0) is 18.7. The molecule has 2 aromatic rings. The predicted molar refractivity (Wildman–Crippen MR) is 94.2 cm³/mol. The summed E-state index contributed by atoms with van der Waals surface area (Å²) < 4.78 is 5.23. The standard InChI is InChI=1S/C16H18ClN5O4/c1-10-18-16(26-20-10)11-3-2-6-21(8-11)9-15(23)19-13-5-4-12(17)7-14(13)22(24)25/h4-5,7,11H,2-3,6,8-9H2,1H3,(H,19,23)/t11-/m0/s1. The summed E-state index contributed by atoms with van der Waals surface area (Å²) in [4.78, 5) is 29.1. The van der Waals surface area contributed by atoms with E-state index >= 15 is 0 Å². The molecular weight excluding hydrogens is 362 g/mol. The zero-order valence-electron chi connectivity index (χ0n) is 14.1. The lowest BCUT2D eigenvalue weighted by molar-refractivity contribution is -0.383. The van der Waals surface area contributed by atoms with Crippen LogP contribution in [0, 0.1) is 17.0 Å². The molecule has 2 heterocycles. The van der Waals surface area contributed by atoms with Gasteiger partial charge in [0.15, 0.2) is 5.82 Å². The van der Waals surface area contributed by atoms with E-state index in [9.17, 15) is 14.9 Å². The van der Waals surface area contributed by atoms with Crippen molar-refractivity contribution >= 4 is 28.9 Å². The van der Waals surface area contributed by atoms with Crippen LogP contribution >= 0.6 is 11.6 Å². The van der Waals surface area contributed by atoms with Crippen molar-refractivity contribution in [2.75, 3.05) is 25.0 Å². The molecular formula is C16H18ClN5O4. The third kappa shape index (κ3) is 4.36. The number of likely N-dealkylation sites (tertiary alicyclic amines) is 1. The van der Waals surface area contributed by atoms with Crippen LogP contribution in [0.15, 0.2) is 22.7 Å². The first kappa shape index (κ1) is 18.3. The van der Waals surface area contributed by atoms with E-state index in [1.807, 2.05) is 4.90 Å². The molecule has 3 rings (SSSR count). The van der Waals surface area contributed by atoms with Crippen LogP contribution in [0.4, 0.5) is 11.4 Å². The number of hydrogen-bond acceptors (Lipinski definition) is 7. The second kappa shape index (κ2) is 7.79. The fourth-order valence-electron chi connectivity index (χ4n) is 3.03. The molecule has 1 aliphatic rings. The Labute approximate surface area is 154 Å². The minimum absolute atomic E-state index is 0.0858. The highest BCUT2D eigenvalue weighted by molar-refractivity contribution is 6.31. The van der Waals surface area contributed by atoms with E-state index in [1.165, 1.54) is 18.2 Å². The second-order valence-electron chi connectivity index (χ2n) is 6.22. The number of nitro benzene ring substituents is 1. The van der Waals surface area contributed by atoms with Crippen molar-refractivity contribution in [2.24, 2.45) is 0 Å². The van der Waals surface area contributed by atoms with E-state index in [1.54, 1.807) is 6.92 Å². The summed E-state index contributed by atoms with van der Waals surface area (Å²) in [5.74, 6) is 0.936. The molecule has 1 fully saturated rings. The van der Waals surface area contributed by atoms with E-state index in [-0.39, 0.29) is 34.8 Å². The van der Waals surface area contributed by atoms with E-state index in [0.717, 1.165) is 19.4 Å². The van der Waals surface area contributed by atoms with Gasteiger partial charge >= 0.3 is 0 Å². The summed E-state index contributed by atoms with van der Waals surface area (Å²) in [6, 6.07) is 4.14. The van der Waals surface area contributed by atoms with Gasteiger partial charge in [-0.3, -0.25) is 19.8 Å². The normalized spacial score (nSPS) is 17.8. The number of amides is 1. The molecule has 26 heavy (non-hydrogen) atoms. The van der Waals surface area contributed by atoms with Gasteiger partial charge in [0.25, 0.3) is 5.69 Å². The van der Waals surface area contributed by atoms with Gasteiger partial charge < -0.3 is 9.84 Å². The Balaban J connectivity index is 1.62. The van der Waals surface area contributed by atoms with E-state index < -0.39 is 4.92 Å². The molecule has 0 bridgehead atoms. The molecule has 1 aromatic carbocycles. The largest absolute Gasteiger partial charge is 0.339 e. The number of benzene rings is 1. The van der Waals surface area contributed by atoms with Gasteiger partial charge in [0, 0.05) is 17.6 Å². The number of rotatable bonds is 5. The Bertz CT molecular complexity index is 825. The summed E-state index contributed by atoms with van der Waals surface area (Å²) in [7, 11) is 0. The molecule has 0 radical (unpaired) electrons. The third-order valence-electron chi connectivity index (χ3n) is 4.20. The Morgan fingerprint density at radius 3 is 3.04 bits per heavy atom. The number of piperidine rings is 1. The van der Waals surface area contributed by atoms with Gasteiger partial charge in [0.1, 0.15) is 5.69 Å². The quantitative estimate of drug-likeness (QED) is 0.627. The molecule has 1 atom stereocenters. The number of anilines is 1. The molecule has 0 spiro atoms. The maximum Gasteiger partial charge on any atom is 0.294 e. The summed E-state index contributed by atoms with van der Waals surface area (Å²) >= 11 is 5.78. The van der Waals surface area contributed by atoms with E-state index in [0.29, 0.717) is 18.3 Å². The fraction of sp³-hybridized carbons (Fsp3) is 0.438. The summed E-state index contributed by atoms with van der Waals surface area (Å²) in [6.45, 7) is 3.28. The highest BCUT2D eigenvalue weighted by Gasteiger charge is 2.27. The number of aryl methyl sites for hydroxylation is 1. The number of nitrogens with zero attached hydrogens (tertiary/aromatic N) is 4. The number of aromatic nitrogens is 2. The molecule has 1 aliphatic heterocycles. The lowest BCUT2D eigenvalue weighted by Gasteiger charge is -2.30. The average molecular weight is 380 g/mol. The lowest BCUT2D eigenvalue weighted by atomic mass is 9.98. The van der Waals surface area contributed by atoms with Crippen LogP contribution in [-0.4, -0.2) is 45.5 Å². The van der Waals surface area contributed by atoms with Crippen LogP contribution in [0.25, 0.3) is 0 Å². The Morgan fingerprint density at radius 1 is 1.54 bits per heavy atom. The summed E-state index contributed by atoms with van der Waals surface area (Å²) in [5.41, 5.74) is -0.103. The van der Waals surface area contributed by atoms with Gasteiger partial charge in [-0.1, -0.05) is 16.8 Å². The van der Waals surface area contributed by atoms with Crippen LogP contribution in [0.5, 0.6) is 0 Å². The fourth-order valence-corrected chi connectivity index (χ4v) is 3.20. The number of nitrogens with one attached hydrogen (secondary N) is 1.